The van der Waals surface area contributed by atoms with Gasteiger partial charge in [-0.25, -0.2) is 9.50 Å². The van der Waals surface area contributed by atoms with Crippen molar-refractivity contribution < 1.29 is 27.8 Å². The summed E-state index contributed by atoms with van der Waals surface area (Å²) < 4.78 is 48.3. The summed E-state index contributed by atoms with van der Waals surface area (Å²) in [6, 6.07) is 9.03. The van der Waals surface area contributed by atoms with Gasteiger partial charge in [0.05, 0.1) is 18.0 Å². The number of hydrogen-bond donors (Lipinski definition) is 1. The van der Waals surface area contributed by atoms with Gasteiger partial charge in [0.2, 0.25) is 5.88 Å². The van der Waals surface area contributed by atoms with Gasteiger partial charge in [0.1, 0.15) is 11.9 Å². The third-order valence-electron chi connectivity index (χ3n) is 4.65. The number of fused-ring (bicyclic) bond motifs is 1. The highest BCUT2D eigenvalue weighted by atomic mass is 19.4. The highest BCUT2D eigenvalue weighted by Crippen LogP contribution is 2.28. The average Bonchev–Trinajstić information content (AvgIpc) is 3.06. The molecule has 2 heterocycles. The maximum absolute atomic E-state index is 12.3. The summed E-state index contributed by atoms with van der Waals surface area (Å²) in [5.74, 6) is 0.145. The van der Waals surface area contributed by atoms with E-state index in [0.29, 0.717) is 35.6 Å². The van der Waals surface area contributed by atoms with Crippen LogP contribution in [0.3, 0.4) is 0 Å². The number of rotatable bonds is 4. The molecule has 0 amide bonds. The van der Waals surface area contributed by atoms with Crippen LogP contribution in [0.4, 0.5) is 13.2 Å². The van der Waals surface area contributed by atoms with Crippen LogP contribution in [-0.4, -0.2) is 38.3 Å². The first-order valence-electron chi connectivity index (χ1n) is 8.93. The second-order valence-electron chi connectivity index (χ2n) is 6.71. The number of benzene rings is 1. The minimum absolute atomic E-state index is 0.000813. The molecule has 2 aromatic heterocycles. The summed E-state index contributed by atoms with van der Waals surface area (Å²) in [6.45, 7) is 0. The van der Waals surface area contributed by atoms with E-state index in [4.69, 9.17) is 4.74 Å². The Bertz CT molecular complexity index is 948. The Morgan fingerprint density at radius 2 is 1.71 bits per heavy atom. The SMILES string of the molecule is O[C@H]1CC[C@H](Oc2ccc3ncc(-c4ccc(OC(F)(F)F)cc4)n3n2)CC1. The quantitative estimate of drug-likeness (QED) is 0.726. The summed E-state index contributed by atoms with van der Waals surface area (Å²) in [4.78, 5) is 4.28. The first-order chi connectivity index (χ1) is 13.4. The van der Waals surface area contributed by atoms with Crippen molar-refractivity contribution in [1.29, 1.82) is 0 Å². The molecule has 0 spiro atoms. The van der Waals surface area contributed by atoms with Crippen LogP contribution in [0.25, 0.3) is 16.9 Å². The number of aliphatic hydroxyl groups excluding tert-OH is 1. The number of alkyl halides is 3. The van der Waals surface area contributed by atoms with Crippen molar-refractivity contribution in [1.82, 2.24) is 14.6 Å². The molecule has 9 heteroatoms. The lowest BCUT2D eigenvalue weighted by Gasteiger charge is -2.25. The summed E-state index contributed by atoms with van der Waals surface area (Å²) in [5.41, 5.74) is 1.86. The topological polar surface area (TPSA) is 68.9 Å². The van der Waals surface area contributed by atoms with Crippen LogP contribution >= 0.6 is 0 Å². The third-order valence-corrected chi connectivity index (χ3v) is 4.65. The molecule has 1 aliphatic rings. The first-order valence-corrected chi connectivity index (χ1v) is 8.93. The van der Waals surface area contributed by atoms with E-state index in [1.165, 1.54) is 24.3 Å². The number of halogens is 3. The standard InChI is InChI=1S/C19H18F3N3O3/c20-19(21,22)28-15-5-1-12(2-6-15)16-11-23-17-9-10-18(24-25(16)17)27-14-7-3-13(26)4-8-14/h1-2,5-6,9-11,13-14,26H,3-4,7-8H2/t13-,14-. The molecule has 0 saturated heterocycles. The van der Waals surface area contributed by atoms with Gasteiger partial charge in [-0.1, -0.05) is 0 Å². The molecule has 0 atom stereocenters. The van der Waals surface area contributed by atoms with Crippen molar-refractivity contribution in [3.63, 3.8) is 0 Å². The fraction of sp³-hybridized carbons (Fsp3) is 0.368. The van der Waals surface area contributed by atoms with Gasteiger partial charge in [-0.3, -0.25) is 0 Å². The fourth-order valence-corrected chi connectivity index (χ4v) is 3.28. The third kappa shape index (κ3) is 4.19. The molecular weight excluding hydrogens is 375 g/mol. The number of nitrogens with zero attached hydrogens (tertiary/aromatic N) is 3. The largest absolute Gasteiger partial charge is 0.573 e. The zero-order chi connectivity index (χ0) is 19.7. The van der Waals surface area contributed by atoms with Gasteiger partial charge in [-0.05, 0) is 56.0 Å². The lowest BCUT2D eigenvalue weighted by Crippen LogP contribution is -2.26. The Hall–Kier alpha value is -2.81. The van der Waals surface area contributed by atoms with E-state index in [1.54, 1.807) is 22.8 Å². The van der Waals surface area contributed by atoms with Crippen LogP contribution in [0.2, 0.25) is 0 Å². The van der Waals surface area contributed by atoms with Crippen molar-refractivity contribution in [2.75, 3.05) is 0 Å². The Balaban J connectivity index is 1.56. The molecule has 6 nitrogen and oxygen atoms in total. The predicted octanol–water partition coefficient (Wildman–Crippen LogP) is 3.98. The van der Waals surface area contributed by atoms with Gasteiger partial charge in [-0.2, -0.15) is 0 Å². The molecule has 3 aromatic rings. The molecule has 0 aliphatic heterocycles. The Labute approximate surface area is 158 Å². The van der Waals surface area contributed by atoms with E-state index in [-0.39, 0.29) is 18.0 Å². The maximum atomic E-state index is 12.3. The Morgan fingerprint density at radius 1 is 1.00 bits per heavy atom. The van der Waals surface area contributed by atoms with Gasteiger partial charge >= 0.3 is 6.36 Å². The van der Waals surface area contributed by atoms with Gasteiger partial charge in [0.15, 0.2) is 5.65 Å². The van der Waals surface area contributed by atoms with Crippen molar-refractivity contribution in [3.05, 3.63) is 42.6 Å². The molecular formula is C19H18F3N3O3. The zero-order valence-corrected chi connectivity index (χ0v) is 14.8. The molecule has 0 unspecified atom stereocenters. The van der Waals surface area contributed by atoms with Crippen molar-refractivity contribution in [3.8, 4) is 22.9 Å². The molecule has 1 fully saturated rings. The normalized spacial score (nSPS) is 20.3. The molecule has 1 N–H and O–H groups in total. The second-order valence-corrected chi connectivity index (χ2v) is 6.71. The van der Waals surface area contributed by atoms with E-state index in [0.717, 1.165) is 12.8 Å². The number of imidazole rings is 1. The first kappa shape index (κ1) is 18.5. The minimum atomic E-state index is -4.73. The van der Waals surface area contributed by atoms with E-state index in [1.807, 2.05) is 0 Å². The fourth-order valence-electron chi connectivity index (χ4n) is 3.28. The van der Waals surface area contributed by atoms with Crippen LogP contribution in [0, 0.1) is 0 Å². The average molecular weight is 393 g/mol. The summed E-state index contributed by atoms with van der Waals surface area (Å²) in [7, 11) is 0. The van der Waals surface area contributed by atoms with E-state index >= 15 is 0 Å². The molecule has 1 saturated carbocycles. The lowest BCUT2D eigenvalue weighted by molar-refractivity contribution is -0.274. The smallest absolute Gasteiger partial charge is 0.473 e. The van der Waals surface area contributed by atoms with Crippen LogP contribution < -0.4 is 9.47 Å². The highest BCUT2D eigenvalue weighted by molar-refractivity contribution is 5.63. The monoisotopic (exact) mass is 393 g/mol. The molecule has 148 valence electrons. The molecule has 1 aliphatic carbocycles. The van der Waals surface area contributed by atoms with Crippen LogP contribution in [0.5, 0.6) is 11.6 Å². The number of ether oxygens (including phenoxy) is 2. The number of hydrogen-bond acceptors (Lipinski definition) is 5. The van der Waals surface area contributed by atoms with Crippen molar-refractivity contribution in [2.45, 2.75) is 44.3 Å². The zero-order valence-electron chi connectivity index (χ0n) is 14.8. The minimum Gasteiger partial charge on any atom is -0.473 e. The lowest BCUT2D eigenvalue weighted by atomic mass is 9.95. The molecule has 0 radical (unpaired) electrons. The van der Waals surface area contributed by atoms with Gasteiger partial charge in [0.25, 0.3) is 0 Å². The van der Waals surface area contributed by atoms with Gasteiger partial charge in [0, 0.05) is 11.6 Å². The van der Waals surface area contributed by atoms with Gasteiger partial charge < -0.3 is 14.6 Å². The van der Waals surface area contributed by atoms with Crippen molar-refractivity contribution in [2.24, 2.45) is 0 Å². The second kappa shape index (κ2) is 7.31. The summed E-state index contributed by atoms with van der Waals surface area (Å²) in [5, 5.41) is 14.1. The Morgan fingerprint density at radius 3 is 2.39 bits per heavy atom. The van der Waals surface area contributed by atoms with E-state index in [9.17, 15) is 18.3 Å². The van der Waals surface area contributed by atoms with Crippen LogP contribution in [0.15, 0.2) is 42.6 Å². The van der Waals surface area contributed by atoms with Crippen molar-refractivity contribution >= 4 is 5.65 Å². The summed E-state index contributed by atoms with van der Waals surface area (Å²) >= 11 is 0. The highest BCUT2D eigenvalue weighted by Gasteiger charge is 2.31. The predicted molar refractivity (Wildman–Crippen MR) is 94.0 cm³/mol. The summed E-state index contributed by atoms with van der Waals surface area (Å²) in [6.07, 6.45) is -0.461. The number of aliphatic hydroxyl groups is 1. The maximum Gasteiger partial charge on any atom is 0.573 e. The van der Waals surface area contributed by atoms with E-state index in [2.05, 4.69) is 14.8 Å². The Kier molecular flexibility index (Phi) is 4.84. The van der Waals surface area contributed by atoms with Crippen LogP contribution in [-0.2, 0) is 0 Å². The molecule has 1 aromatic carbocycles. The van der Waals surface area contributed by atoms with Crippen LogP contribution in [0.1, 0.15) is 25.7 Å². The number of aromatic nitrogens is 3. The van der Waals surface area contributed by atoms with E-state index < -0.39 is 6.36 Å². The molecule has 28 heavy (non-hydrogen) atoms. The molecule has 0 bridgehead atoms. The van der Waals surface area contributed by atoms with Gasteiger partial charge in [-0.15, -0.1) is 18.3 Å². The molecule has 4 rings (SSSR count).